The van der Waals surface area contributed by atoms with Crippen LogP contribution in [0.5, 0.6) is 0 Å². The lowest BCUT2D eigenvalue weighted by atomic mass is 10.0. The van der Waals surface area contributed by atoms with Gasteiger partial charge in [0.05, 0.1) is 19.3 Å². The zero-order valence-corrected chi connectivity index (χ0v) is 8.25. The van der Waals surface area contributed by atoms with E-state index in [9.17, 15) is 0 Å². The predicted octanol–water partition coefficient (Wildman–Crippen LogP) is 1.12. The summed E-state index contributed by atoms with van der Waals surface area (Å²) in [5.41, 5.74) is 0. The smallest absolute Gasteiger partial charge is 0.0702 e. The summed E-state index contributed by atoms with van der Waals surface area (Å²) in [5, 5.41) is 0. The summed E-state index contributed by atoms with van der Waals surface area (Å²) in [5.74, 6) is 6.85. The van der Waals surface area contributed by atoms with Gasteiger partial charge in [-0.15, -0.1) is 5.92 Å². The average molecular weight is 179 g/mol. The second-order valence-electron chi connectivity index (χ2n) is 4.02. The van der Waals surface area contributed by atoms with Gasteiger partial charge in [-0.25, -0.2) is 0 Å². The van der Waals surface area contributed by atoms with Gasteiger partial charge in [0.25, 0.3) is 0 Å². The molecular weight excluding hydrogens is 162 g/mol. The Balaban J connectivity index is 1.93. The molecule has 13 heavy (non-hydrogen) atoms. The number of ether oxygens (including phenoxy) is 1. The summed E-state index contributed by atoms with van der Waals surface area (Å²) in [4.78, 5) is 2.44. The zero-order chi connectivity index (χ0) is 9.10. The van der Waals surface area contributed by atoms with Gasteiger partial charge in [0.2, 0.25) is 0 Å². The molecule has 0 aromatic rings. The first-order valence-electron chi connectivity index (χ1n) is 5.12. The fraction of sp³-hybridized carbons (Fsp3) is 0.818. The van der Waals surface area contributed by atoms with E-state index in [1.54, 1.807) is 0 Å². The third-order valence-corrected chi connectivity index (χ3v) is 2.92. The summed E-state index contributed by atoms with van der Waals surface area (Å²) in [6, 6.07) is 0. The van der Waals surface area contributed by atoms with Gasteiger partial charge in [0, 0.05) is 13.1 Å². The Morgan fingerprint density at radius 1 is 1.38 bits per heavy atom. The van der Waals surface area contributed by atoms with E-state index in [1.165, 1.54) is 19.4 Å². The molecule has 0 spiro atoms. The van der Waals surface area contributed by atoms with E-state index in [0.717, 1.165) is 25.6 Å². The van der Waals surface area contributed by atoms with Crippen LogP contribution < -0.4 is 0 Å². The van der Waals surface area contributed by atoms with Gasteiger partial charge in [0.15, 0.2) is 0 Å². The van der Waals surface area contributed by atoms with Gasteiger partial charge in [-0.1, -0.05) is 5.92 Å². The number of hydrogen-bond acceptors (Lipinski definition) is 2. The molecule has 3 saturated heterocycles. The van der Waals surface area contributed by atoms with Crippen LogP contribution in [0.2, 0.25) is 0 Å². The van der Waals surface area contributed by atoms with Gasteiger partial charge in [-0.3, -0.25) is 4.90 Å². The van der Waals surface area contributed by atoms with Crippen LogP contribution in [0.1, 0.15) is 19.8 Å². The van der Waals surface area contributed by atoms with Crippen LogP contribution in [-0.2, 0) is 4.74 Å². The summed E-state index contributed by atoms with van der Waals surface area (Å²) in [7, 11) is 0. The monoisotopic (exact) mass is 179 g/mol. The molecule has 0 aromatic heterocycles. The van der Waals surface area contributed by atoms with E-state index in [1.807, 2.05) is 6.92 Å². The number of hydrogen-bond donors (Lipinski definition) is 0. The molecule has 0 amide bonds. The highest BCUT2D eigenvalue weighted by atomic mass is 16.5. The van der Waals surface area contributed by atoms with Gasteiger partial charge < -0.3 is 4.74 Å². The van der Waals surface area contributed by atoms with Crippen LogP contribution >= 0.6 is 0 Å². The first-order chi connectivity index (χ1) is 6.38. The Labute approximate surface area is 80.2 Å². The standard InChI is InChI=1S/C11H17NO/c1-2-3-6-12-7-10-4-5-11(8-12)13-9-10/h10-11H,4-9H2,1H3. The lowest BCUT2D eigenvalue weighted by Crippen LogP contribution is -2.30. The molecule has 0 aromatic carbocycles. The summed E-state index contributed by atoms with van der Waals surface area (Å²) in [6.45, 7) is 6.08. The highest BCUT2D eigenvalue weighted by Gasteiger charge is 2.29. The molecule has 2 unspecified atom stereocenters. The van der Waals surface area contributed by atoms with Crippen LogP contribution in [-0.4, -0.2) is 37.2 Å². The van der Waals surface area contributed by atoms with Crippen molar-refractivity contribution >= 4 is 0 Å². The largest absolute Gasteiger partial charge is 0.377 e. The maximum Gasteiger partial charge on any atom is 0.0702 e. The van der Waals surface area contributed by atoms with Crippen LogP contribution in [0.4, 0.5) is 0 Å². The molecule has 2 nitrogen and oxygen atoms in total. The molecule has 3 aliphatic heterocycles. The molecule has 0 N–H and O–H groups in total. The van der Waals surface area contributed by atoms with E-state index >= 15 is 0 Å². The fourth-order valence-electron chi connectivity index (χ4n) is 2.20. The summed E-state index contributed by atoms with van der Waals surface area (Å²) < 4.78 is 5.72. The van der Waals surface area contributed by atoms with Gasteiger partial charge in [0.1, 0.15) is 0 Å². The Bertz CT molecular complexity index is 206. The van der Waals surface area contributed by atoms with Crippen LogP contribution in [0.15, 0.2) is 0 Å². The molecule has 72 valence electrons. The van der Waals surface area contributed by atoms with E-state index in [0.29, 0.717) is 6.10 Å². The maximum absolute atomic E-state index is 5.72. The predicted molar refractivity (Wildman–Crippen MR) is 52.4 cm³/mol. The Morgan fingerprint density at radius 3 is 3.00 bits per heavy atom. The minimum atomic E-state index is 0.484. The lowest BCUT2D eigenvalue weighted by molar-refractivity contribution is 0.00490. The van der Waals surface area contributed by atoms with Crippen molar-refractivity contribution in [3.8, 4) is 11.8 Å². The summed E-state index contributed by atoms with van der Waals surface area (Å²) >= 11 is 0. The first kappa shape index (κ1) is 9.05. The quantitative estimate of drug-likeness (QED) is 0.559. The molecular formula is C11H17NO. The molecule has 0 aliphatic carbocycles. The van der Waals surface area contributed by atoms with Gasteiger partial charge in [-0.2, -0.15) is 0 Å². The van der Waals surface area contributed by atoms with Crippen molar-refractivity contribution in [3.05, 3.63) is 0 Å². The zero-order valence-electron chi connectivity index (χ0n) is 8.25. The second-order valence-corrected chi connectivity index (χ2v) is 4.02. The molecule has 0 saturated carbocycles. The van der Waals surface area contributed by atoms with Crippen molar-refractivity contribution in [2.45, 2.75) is 25.9 Å². The fourth-order valence-corrected chi connectivity index (χ4v) is 2.20. The third-order valence-electron chi connectivity index (χ3n) is 2.92. The van der Waals surface area contributed by atoms with Crippen LogP contribution in [0.3, 0.4) is 0 Å². The SMILES string of the molecule is CC#CCN1CC2CCC(C1)OC2. The second kappa shape index (κ2) is 4.13. The normalized spacial score (nSPS) is 33.6. The summed E-state index contributed by atoms with van der Waals surface area (Å²) in [6.07, 6.45) is 3.08. The molecule has 2 heteroatoms. The Morgan fingerprint density at radius 2 is 2.31 bits per heavy atom. The minimum Gasteiger partial charge on any atom is -0.377 e. The van der Waals surface area contributed by atoms with E-state index in [2.05, 4.69) is 16.7 Å². The minimum absolute atomic E-state index is 0.484. The van der Waals surface area contributed by atoms with Crippen LogP contribution in [0, 0.1) is 17.8 Å². The molecule has 0 radical (unpaired) electrons. The third kappa shape index (κ3) is 2.24. The van der Waals surface area contributed by atoms with Crippen molar-refractivity contribution in [3.63, 3.8) is 0 Å². The molecule has 2 atom stereocenters. The van der Waals surface area contributed by atoms with E-state index < -0.39 is 0 Å². The van der Waals surface area contributed by atoms with Gasteiger partial charge in [-0.05, 0) is 25.7 Å². The number of fused-ring (bicyclic) bond motifs is 4. The topological polar surface area (TPSA) is 12.5 Å². The molecule has 3 heterocycles. The maximum atomic E-state index is 5.72. The van der Waals surface area contributed by atoms with E-state index in [-0.39, 0.29) is 0 Å². The van der Waals surface area contributed by atoms with Crippen molar-refractivity contribution < 1.29 is 4.74 Å². The highest BCUT2D eigenvalue weighted by Crippen LogP contribution is 2.24. The number of nitrogens with zero attached hydrogens (tertiary/aromatic N) is 1. The Hall–Kier alpha value is -0.520. The average Bonchev–Trinajstić information content (AvgIpc) is 2.46. The van der Waals surface area contributed by atoms with Crippen molar-refractivity contribution in [1.29, 1.82) is 0 Å². The van der Waals surface area contributed by atoms with E-state index in [4.69, 9.17) is 4.74 Å². The Kier molecular flexibility index (Phi) is 2.87. The van der Waals surface area contributed by atoms with Crippen molar-refractivity contribution in [1.82, 2.24) is 4.90 Å². The van der Waals surface area contributed by atoms with Crippen molar-refractivity contribution in [2.75, 3.05) is 26.2 Å². The highest BCUT2D eigenvalue weighted by molar-refractivity contribution is 4.99. The van der Waals surface area contributed by atoms with Gasteiger partial charge >= 0.3 is 0 Å². The molecule has 3 aliphatic rings. The number of rotatable bonds is 1. The first-order valence-corrected chi connectivity index (χ1v) is 5.12. The lowest BCUT2D eigenvalue weighted by Gasteiger charge is -2.22. The molecule has 3 fully saturated rings. The van der Waals surface area contributed by atoms with Crippen LogP contribution in [0.25, 0.3) is 0 Å². The molecule has 3 rings (SSSR count). The molecule has 2 bridgehead atoms. The van der Waals surface area contributed by atoms with Crippen molar-refractivity contribution in [2.24, 2.45) is 5.92 Å².